The fourth-order valence-corrected chi connectivity index (χ4v) is 1.47. The molecular weight excluding hydrogens is 291 g/mol. The Morgan fingerprint density at radius 2 is 1.76 bits per heavy atom. The fraction of sp³-hybridized carbons (Fsp3) is 0.385. The van der Waals surface area contributed by atoms with Crippen LogP contribution in [0.25, 0.3) is 0 Å². The van der Waals surface area contributed by atoms with E-state index in [2.05, 4.69) is 10.1 Å². The summed E-state index contributed by atoms with van der Waals surface area (Å²) < 4.78 is 40.5. The molecular formula is C13H14F3NO4. The highest BCUT2D eigenvalue weighted by Crippen LogP contribution is 2.30. The van der Waals surface area contributed by atoms with Gasteiger partial charge in [-0.15, -0.1) is 13.2 Å². The highest BCUT2D eigenvalue weighted by Gasteiger charge is 2.33. The number of ether oxygens (including phenoxy) is 1. The molecule has 0 aromatic heterocycles. The van der Waals surface area contributed by atoms with Crippen molar-refractivity contribution in [1.29, 1.82) is 0 Å². The highest BCUT2D eigenvalue weighted by molar-refractivity contribution is 5.95. The number of carboxylic acids is 1. The number of amides is 1. The maximum atomic E-state index is 12.2. The molecule has 0 bridgehead atoms. The monoisotopic (exact) mass is 305 g/mol. The van der Waals surface area contributed by atoms with E-state index >= 15 is 0 Å². The minimum absolute atomic E-state index is 0.177. The van der Waals surface area contributed by atoms with Crippen LogP contribution in [0.3, 0.4) is 0 Å². The number of hydrogen-bond acceptors (Lipinski definition) is 3. The standard InChI is InChI=1S/C13H14F3NO4/c1-7(8(2)12(19)20)11(18)17-9-5-3-4-6-10(9)21-13(14,15)16/h3-8H,1-2H3,(H,17,18)(H,19,20). The molecule has 0 aliphatic rings. The molecule has 1 amide bonds. The van der Waals surface area contributed by atoms with Crippen LogP contribution in [0.2, 0.25) is 0 Å². The molecule has 8 heteroatoms. The Kier molecular flexibility index (Phi) is 5.17. The number of alkyl halides is 3. The summed E-state index contributed by atoms with van der Waals surface area (Å²) in [5.74, 6) is -4.32. The Morgan fingerprint density at radius 1 is 1.19 bits per heavy atom. The van der Waals surface area contributed by atoms with Gasteiger partial charge in [0.15, 0.2) is 5.75 Å². The van der Waals surface area contributed by atoms with Gasteiger partial charge in [-0.05, 0) is 12.1 Å². The Hall–Kier alpha value is -2.25. The molecule has 1 aromatic rings. The number of carbonyl (C=O) groups is 2. The van der Waals surface area contributed by atoms with E-state index < -0.39 is 35.8 Å². The van der Waals surface area contributed by atoms with Gasteiger partial charge in [0.05, 0.1) is 11.6 Å². The molecule has 5 nitrogen and oxygen atoms in total. The predicted octanol–water partition coefficient (Wildman–Crippen LogP) is 2.88. The van der Waals surface area contributed by atoms with Gasteiger partial charge < -0.3 is 15.2 Å². The van der Waals surface area contributed by atoms with E-state index in [9.17, 15) is 22.8 Å². The van der Waals surface area contributed by atoms with Gasteiger partial charge in [-0.25, -0.2) is 0 Å². The van der Waals surface area contributed by atoms with E-state index in [0.29, 0.717) is 0 Å². The van der Waals surface area contributed by atoms with Gasteiger partial charge in [-0.3, -0.25) is 9.59 Å². The highest BCUT2D eigenvalue weighted by atomic mass is 19.4. The number of carboxylic acid groups (broad SMARTS) is 1. The topological polar surface area (TPSA) is 75.6 Å². The van der Waals surface area contributed by atoms with Crippen molar-refractivity contribution in [2.45, 2.75) is 20.2 Å². The van der Waals surface area contributed by atoms with Crippen LogP contribution in [-0.2, 0) is 9.59 Å². The number of anilines is 1. The lowest BCUT2D eigenvalue weighted by molar-refractivity contribution is -0.274. The molecule has 0 aliphatic heterocycles. The first-order valence-electron chi connectivity index (χ1n) is 6.00. The van der Waals surface area contributed by atoms with Crippen LogP contribution in [0.1, 0.15) is 13.8 Å². The average Bonchev–Trinajstić information content (AvgIpc) is 2.37. The summed E-state index contributed by atoms with van der Waals surface area (Å²) in [5, 5.41) is 11.1. The second-order valence-electron chi connectivity index (χ2n) is 4.45. The Labute approximate surface area is 118 Å². The van der Waals surface area contributed by atoms with Crippen LogP contribution < -0.4 is 10.1 Å². The zero-order valence-corrected chi connectivity index (χ0v) is 11.3. The third-order valence-corrected chi connectivity index (χ3v) is 2.92. The van der Waals surface area contributed by atoms with Crippen molar-refractivity contribution in [2.24, 2.45) is 11.8 Å². The maximum Gasteiger partial charge on any atom is 0.573 e. The molecule has 2 atom stereocenters. The molecule has 2 unspecified atom stereocenters. The maximum absolute atomic E-state index is 12.2. The summed E-state index contributed by atoms with van der Waals surface area (Å²) in [6.07, 6.45) is -4.89. The first kappa shape index (κ1) is 16.8. The molecule has 1 aromatic carbocycles. The quantitative estimate of drug-likeness (QED) is 0.877. The molecule has 0 heterocycles. The summed E-state index contributed by atoms with van der Waals surface area (Å²) in [7, 11) is 0. The van der Waals surface area contributed by atoms with Crippen molar-refractivity contribution >= 4 is 17.6 Å². The number of hydrogen-bond donors (Lipinski definition) is 2. The number of benzene rings is 1. The van der Waals surface area contributed by atoms with Crippen molar-refractivity contribution in [3.8, 4) is 5.75 Å². The number of para-hydroxylation sites is 2. The first-order valence-corrected chi connectivity index (χ1v) is 6.00. The zero-order valence-electron chi connectivity index (χ0n) is 11.3. The van der Waals surface area contributed by atoms with E-state index in [1.54, 1.807) is 0 Å². The van der Waals surface area contributed by atoms with Crippen LogP contribution in [0.15, 0.2) is 24.3 Å². The molecule has 2 N–H and O–H groups in total. The van der Waals surface area contributed by atoms with Crippen LogP contribution in [0.5, 0.6) is 5.75 Å². The molecule has 0 saturated carbocycles. The zero-order chi connectivity index (χ0) is 16.2. The molecule has 116 valence electrons. The lowest BCUT2D eigenvalue weighted by atomic mass is 9.95. The molecule has 0 fully saturated rings. The smallest absolute Gasteiger partial charge is 0.481 e. The molecule has 0 saturated heterocycles. The van der Waals surface area contributed by atoms with Gasteiger partial charge in [0.1, 0.15) is 0 Å². The summed E-state index contributed by atoms with van der Waals surface area (Å²) in [5.41, 5.74) is -0.177. The molecule has 1 rings (SSSR count). The van der Waals surface area contributed by atoms with Crippen LogP contribution in [0, 0.1) is 11.8 Å². The first-order chi connectivity index (χ1) is 9.61. The van der Waals surface area contributed by atoms with Crippen molar-refractivity contribution in [2.75, 3.05) is 5.32 Å². The number of halogens is 3. The number of rotatable bonds is 5. The van der Waals surface area contributed by atoms with Crippen LogP contribution in [-0.4, -0.2) is 23.3 Å². The number of nitrogens with one attached hydrogen (secondary N) is 1. The van der Waals surface area contributed by atoms with Crippen molar-refractivity contribution in [3.05, 3.63) is 24.3 Å². The normalized spacial score (nSPS) is 14.1. The van der Waals surface area contributed by atoms with Crippen molar-refractivity contribution < 1.29 is 32.6 Å². The number of aliphatic carboxylic acids is 1. The fourth-order valence-electron chi connectivity index (χ4n) is 1.47. The lowest BCUT2D eigenvalue weighted by Gasteiger charge is -2.18. The van der Waals surface area contributed by atoms with Crippen molar-refractivity contribution in [3.63, 3.8) is 0 Å². The summed E-state index contributed by atoms with van der Waals surface area (Å²) >= 11 is 0. The van der Waals surface area contributed by atoms with Gasteiger partial charge in [0, 0.05) is 5.92 Å². The molecule has 0 spiro atoms. The summed E-state index contributed by atoms with van der Waals surface area (Å²) in [4.78, 5) is 22.7. The second-order valence-corrected chi connectivity index (χ2v) is 4.45. The minimum Gasteiger partial charge on any atom is -0.481 e. The third kappa shape index (κ3) is 4.97. The molecule has 0 radical (unpaired) electrons. The third-order valence-electron chi connectivity index (χ3n) is 2.92. The summed E-state index contributed by atoms with van der Waals surface area (Å²) in [6, 6.07) is 5.02. The average molecular weight is 305 g/mol. The van der Waals surface area contributed by atoms with Gasteiger partial charge in [-0.2, -0.15) is 0 Å². The second kappa shape index (κ2) is 6.47. The number of carbonyl (C=O) groups excluding carboxylic acids is 1. The Balaban J connectivity index is 2.88. The molecule has 21 heavy (non-hydrogen) atoms. The SMILES string of the molecule is CC(C(=O)O)C(C)C(=O)Nc1ccccc1OC(F)(F)F. The largest absolute Gasteiger partial charge is 0.573 e. The van der Waals surface area contributed by atoms with Gasteiger partial charge in [0.25, 0.3) is 0 Å². The molecule has 0 aliphatic carbocycles. The lowest BCUT2D eigenvalue weighted by Crippen LogP contribution is -2.30. The van der Waals surface area contributed by atoms with Gasteiger partial charge in [0.2, 0.25) is 5.91 Å². The van der Waals surface area contributed by atoms with Crippen LogP contribution >= 0.6 is 0 Å². The summed E-state index contributed by atoms with van der Waals surface area (Å²) in [6.45, 7) is 2.71. The minimum atomic E-state index is -4.89. The van der Waals surface area contributed by atoms with E-state index in [0.717, 1.165) is 6.07 Å². The Morgan fingerprint density at radius 3 is 2.29 bits per heavy atom. The van der Waals surface area contributed by atoms with E-state index in [1.165, 1.54) is 32.0 Å². The van der Waals surface area contributed by atoms with E-state index in [1.807, 2.05) is 0 Å². The van der Waals surface area contributed by atoms with Crippen molar-refractivity contribution in [1.82, 2.24) is 0 Å². The predicted molar refractivity (Wildman–Crippen MR) is 67.7 cm³/mol. The van der Waals surface area contributed by atoms with Gasteiger partial charge in [-0.1, -0.05) is 26.0 Å². The van der Waals surface area contributed by atoms with E-state index in [4.69, 9.17) is 5.11 Å². The van der Waals surface area contributed by atoms with Crippen LogP contribution in [0.4, 0.5) is 18.9 Å². The Bertz CT molecular complexity index is 530. The van der Waals surface area contributed by atoms with E-state index in [-0.39, 0.29) is 5.69 Å². The van der Waals surface area contributed by atoms with Gasteiger partial charge >= 0.3 is 12.3 Å².